The van der Waals surface area contributed by atoms with Crippen molar-refractivity contribution in [3.05, 3.63) is 24.3 Å². The zero-order valence-corrected chi connectivity index (χ0v) is 15.1. The molecule has 1 heterocycles. The molecular formula is C16H14F10O5. The summed E-state index contributed by atoms with van der Waals surface area (Å²) >= 11 is 0. The maximum absolute atomic E-state index is 13.8. The summed E-state index contributed by atoms with van der Waals surface area (Å²) in [5, 5.41) is 0. The van der Waals surface area contributed by atoms with Crippen molar-refractivity contribution in [3.63, 3.8) is 0 Å². The van der Waals surface area contributed by atoms with Crippen molar-refractivity contribution in [2.75, 3.05) is 26.4 Å². The first-order chi connectivity index (χ1) is 14.2. The normalized spacial score (nSPS) is 18.6. The first-order valence-electron chi connectivity index (χ1n) is 8.29. The lowest BCUT2D eigenvalue weighted by molar-refractivity contribution is -0.460. The molecule has 1 aliphatic rings. The molecule has 1 aromatic rings. The number of para-hydroxylation sites is 2. The monoisotopic (exact) mass is 476 g/mol. The molecule has 0 spiro atoms. The van der Waals surface area contributed by atoms with E-state index in [1.165, 1.54) is 6.07 Å². The van der Waals surface area contributed by atoms with E-state index in [1.54, 1.807) is 0 Å². The predicted octanol–water partition coefficient (Wildman–Crippen LogP) is 4.56. The SMILES string of the molecule is FC(OC(F)(F)C(F)(F)C(F)(F)F)C(F)(F)Oc1ccccc1OCCOCC1CO1. The van der Waals surface area contributed by atoms with Gasteiger partial charge in [-0.3, -0.25) is 4.74 Å². The fraction of sp³-hybridized carbons (Fsp3) is 0.625. The Balaban J connectivity index is 2.00. The van der Waals surface area contributed by atoms with Crippen LogP contribution >= 0.6 is 0 Å². The highest BCUT2D eigenvalue weighted by Gasteiger charge is 2.76. The van der Waals surface area contributed by atoms with Crippen molar-refractivity contribution < 1.29 is 67.6 Å². The van der Waals surface area contributed by atoms with E-state index in [-0.39, 0.29) is 25.9 Å². The van der Waals surface area contributed by atoms with Gasteiger partial charge < -0.3 is 18.9 Å². The van der Waals surface area contributed by atoms with Crippen molar-refractivity contribution in [2.45, 2.75) is 36.8 Å². The number of hydrogen-bond acceptors (Lipinski definition) is 5. The van der Waals surface area contributed by atoms with E-state index >= 15 is 0 Å². The quantitative estimate of drug-likeness (QED) is 0.252. The molecule has 1 fully saturated rings. The first-order valence-corrected chi connectivity index (χ1v) is 8.29. The van der Waals surface area contributed by atoms with Gasteiger partial charge in [-0.15, -0.1) is 0 Å². The lowest BCUT2D eigenvalue weighted by atomic mass is 10.3. The zero-order valence-electron chi connectivity index (χ0n) is 15.1. The molecule has 31 heavy (non-hydrogen) atoms. The fourth-order valence-corrected chi connectivity index (χ4v) is 1.87. The average molecular weight is 476 g/mol. The Bertz CT molecular complexity index is 723. The van der Waals surface area contributed by atoms with E-state index < -0.39 is 42.2 Å². The predicted molar refractivity (Wildman–Crippen MR) is 80.0 cm³/mol. The summed E-state index contributed by atoms with van der Waals surface area (Å²) < 4.78 is 150. The fourth-order valence-electron chi connectivity index (χ4n) is 1.87. The van der Waals surface area contributed by atoms with Crippen molar-refractivity contribution in [3.8, 4) is 11.5 Å². The number of rotatable bonds is 12. The third-order valence-electron chi connectivity index (χ3n) is 3.52. The van der Waals surface area contributed by atoms with E-state index in [4.69, 9.17) is 14.2 Å². The first kappa shape index (κ1) is 25.3. The van der Waals surface area contributed by atoms with Gasteiger partial charge in [-0.25, -0.2) is 4.39 Å². The van der Waals surface area contributed by atoms with E-state index in [9.17, 15) is 43.9 Å². The van der Waals surface area contributed by atoms with Crippen LogP contribution in [0.15, 0.2) is 24.3 Å². The maximum Gasteiger partial charge on any atom is 0.462 e. The van der Waals surface area contributed by atoms with E-state index in [0.717, 1.165) is 18.2 Å². The molecule has 0 radical (unpaired) electrons. The van der Waals surface area contributed by atoms with Crippen LogP contribution in [0.2, 0.25) is 0 Å². The number of epoxide rings is 1. The van der Waals surface area contributed by atoms with E-state index in [0.29, 0.717) is 6.61 Å². The number of ether oxygens (including phenoxy) is 5. The molecular weight excluding hydrogens is 462 g/mol. The smallest absolute Gasteiger partial charge is 0.462 e. The van der Waals surface area contributed by atoms with Gasteiger partial charge in [0.15, 0.2) is 11.5 Å². The molecule has 2 rings (SSSR count). The molecule has 178 valence electrons. The summed E-state index contributed by atoms with van der Waals surface area (Å²) in [6.07, 6.45) is -23.7. The van der Waals surface area contributed by atoms with Crippen molar-refractivity contribution in [1.29, 1.82) is 0 Å². The molecule has 0 amide bonds. The van der Waals surface area contributed by atoms with Crippen LogP contribution in [0.5, 0.6) is 11.5 Å². The van der Waals surface area contributed by atoms with Crippen LogP contribution in [-0.2, 0) is 14.2 Å². The van der Waals surface area contributed by atoms with Gasteiger partial charge in [0.05, 0.1) is 19.8 Å². The minimum Gasteiger partial charge on any atom is -0.487 e. The highest BCUT2D eigenvalue weighted by molar-refractivity contribution is 5.39. The van der Waals surface area contributed by atoms with Crippen molar-refractivity contribution in [1.82, 2.24) is 0 Å². The molecule has 15 heteroatoms. The molecule has 2 unspecified atom stereocenters. The van der Waals surface area contributed by atoms with Crippen LogP contribution in [0, 0.1) is 0 Å². The van der Waals surface area contributed by atoms with Gasteiger partial charge >= 0.3 is 30.7 Å². The van der Waals surface area contributed by atoms with Crippen LogP contribution in [0.1, 0.15) is 0 Å². The molecule has 0 N–H and O–H groups in total. The molecule has 0 saturated carbocycles. The Morgan fingerprint density at radius 2 is 1.52 bits per heavy atom. The second kappa shape index (κ2) is 9.24. The second-order valence-corrected chi connectivity index (χ2v) is 6.01. The number of alkyl halides is 10. The average Bonchev–Trinajstić information content (AvgIpc) is 3.45. The molecule has 0 bridgehead atoms. The van der Waals surface area contributed by atoms with Gasteiger partial charge in [-0.1, -0.05) is 12.1 Å². The van der Waals surface area contributed by atoms with E-state index in [2.05, 4.69) is 9.47 Å². The van der Waals surface area contributed by atoms with Gasteiger partial charge in [0.25, 0.3) is 0 Å². The van der Waals surface area contributed by atoms with Crippen LogP contribution in [0.4, 0.5) is 43.9 Å². The minimum atomic E-state index is -6.95. The number of hydrogen-bond donors (Lipinski definition) is 0. The van der Waals surface area contributed by atoms with Crippen LogP contribution in [0.25, 0.3) is 0 Å². The molecule has 1 saturated heterocycles. The van der Waals surface area contributed by atoms with Gasteiger partial charge in [-0.2, -0.15) is 39.5 Å². The molecule has 0 aromatic heterocycles. The van der Waals surface area contributed by atoms with E-state index in [1.807, 2.05) is 0 Å². The highest BCUT2D eigenvalue weighted by atomic mass is 19.4. The topological polar surface area (TPSA) is 49.5 Å². The van der Waals surface area contributed by atoms with Gasteiger partial charge in [0.1, 0.15) is 12.7 Å². The molecule has 1 aliphatic heterocycles. The Morgan fingerprint density at radius 3 is 2.06 bits per heavy atom. The molecule has 1 aromatic carbocycles. The third-order valence-corrected chi connectivity index (χ3v) is 3.52. The Kier molecular flexibility index (Phi) is 7.53. The molecule has 0 aliphatic carbocycles. The largest absolute Gasteiger partial charge is 0.487 e. The Labute approximate surface area is 167 Å². The summed E-state index contributed by atoms with van der Waals surface area (Å²) in [7, 11) is 0. The van der Waals surface area contributed by atoms with Gasteiger partial charge in [0, 0.05) is 0 Å². The van der Waals surface area contributed by atoms with Crippen molar-refractivity contribution >= 4 is 0 Å². The molecule has 2 atom stereocenters. The summed E-state index contributed by atoms with van der Waals surface area (Å²) in [6.45, 7) is 0.520. The van der Waals surface area contributed by atoms with Gasteiger partial charge in [-0.05, 0) is 12.1 Å². The summed E-state index contributed by atoms with van der Waals surface area (Å²) in [5.74, 6) is -8.34. The summed E-state index contributed by atoms with van der Waals surface area (Å²) in [5.41, 5.74) is 0. The Hall–Kier alpha value is -2.00. The zero-order chi connectivity index (χ0) is 23.5. The lowest BCUT2D eigenvalue weighted by Gasteiger charge is -2.30. The van der Waals surface area contributed by atoms with Crippen LogP contribution < -0.4 is 9.47 Å². The maximum atomic E-state index is 13.8. The number of halogens is 10. The third kappa shape index (κ3) is 6.49. The highest BCUT2D eigenvalue weighted by Crippen LogP contribution is 2.48. The van der Waals surface area contributed by atoms with Crippen LogP contribution in [0.3, 0.4) is 0 Å². The summed E-state index contributed by atoms with van der Waals surface area (Å²) in [4.78, 5) is 0. The molecule has 5 nitrogen and oxygen atoms in total. The second-order valence-electron chi connectivity index (χ2n) is 6.01. The minimum absolute atomic E-state index is 0.0296. The lowest BCUT2D eigenvalue weighted by Crippen LogP contribution is -2.56. The number of benzene rings is 1. The standard InChI is InChI=1S/C16H14F10O5/c17-12(31-16(25,26)14(20,21)15(22,23)24)13(18,19)30-11-4-2-1-3-10(11)28-6-5-27-7-9-8-29-9/h1-4,9,12H,5-8H2. The Morgan fingerprint density at radius 1 is 0.935 bits per heavy atom. The van der Waals surface area contributed by atoms with Crippen LogP contribution in [-0.4, -0.2) is 63.2 Å². The van der Waals surface area contributed by atoms with Gasteiger partial charge in [0.2, 0.25) is 0 Å². The van der Waals surface area contributed by atoms with Crippen molar-refractivity contribution in [2.24, 2.45) is 0 Å². The summed E-state index contributed by atoms with van der Waals surface area (Å²) in [6, 6.07) is 4.17.